The van der Waals surface area contributed by atoms with Crippen LogP contribution in [0.5, 0.6) is 0 Å². The molecule has 1 heterocycles. The molecule has 180 valence electrons. The van der Waals surface area contributed by atoms with E-state index < -0.39 is 12.2 Å². The summed E-state index contributed by atoms with van der Waals surface area (Å²) in [5.74, 6) is 3.99. The number of allylic oxidation sites excluding steroid dienone is 4. The van der Waals surface area contributed by atoms with Crippen LogP contribution in [0, 0.1) is 45.2 Å². The van der Waals surface area contributed by atoms with E-state index >= 15 is 0 Å². The van der Waals surface area contributed by atoms with E-state index in [0.29, 0.717) is 36.5 Å². The van der Waals surface area contributed by atoms with Crippen molar-refractivity contribution in [2.75, 3.05) is 5.75 Å². The summed E-state index contributed by atoms with van der Waals surface area (Å²) in [4.78, 5) is 0. The van der Waals surface area contributed by atoms with Crippen molar-refractivity contribution in [3.05, 3.63) is 34.6 Å². The third-order valence-corrected chi connectivity index (χ3v) is 11.0. The highest BCUT2D eigenvalue weighted by Gasteiger charge is 2.63. The number of thioether (sulfide) groups is 1. The van der Waals surface area contributed by atoms with Crippen LogP contribution in [0.25, 0.3) is 0 Å². The minimum absolute atomic E-state index is 0.210. The summed E-state index contributed by atoms with van der Waals surface area (Å²) in [6, 6.07) is 0. The zero-order valence-corrected chi connectivity index (χ0v) is 21.3. The molecule has 0 radical (unpaired) electrons. The van der Waals surface area contributed by atoms with Crippen molar-refractivity contribution in [2.24, 2.45) is 34.5 Å². The molecule has 33 heavy (non-hydrogen) atoms. The van der Waals surface area contributed by atoms with E-state index in [4.69, 9.17) is 10.00 Å². The number of aliphatic hydroxyl groups is 2. The first-order chi connectivity index (χ1) is 15.7. The van der Waals surface area contributed by atoms with Crippen LogP contribution in [-0.2, 0) is 4.74 Å². The van der Waals surface area contributed by atoms with E-state index in [0.717, 1.165) is 31.4 Å². The van der Waals surface area contributed by atoms with Gasteiger partial charge in [-0.15, -0.1) is 0 Å². The molecule has 9 atom stereocenters. The maximum Gasteiger partial charge on any atom is 0.133 e. The molecular formula is C28H39NO3S. The fourth-order valence-corrected chi connectivity index (χ4v) is 8.80. The second-order valence-electron chi connectivity index (χ2n) is 11.9. The molecule has 0 aromatic carbocycles. The molecule has 0 aromatic heterocycles. The van der Waals surface area contributed by atoms with E-state index in [-0.39, 0.29) is 16.9 Å². The lowest BCUT2D eigenvalue weighted by molar-refractivity contribution is -0.0519. The van der Waals surface area contributed by atoms with E-state index in [1.807, 2.05) is 0 Å². The van der Waals surface area contributed by atoms with Crippen molar-refractivity contribution in [1.29, 1.82) is 5.26 Å². The number of nitriles is 1. The Balaban J connectivity index is 1.38. The Morgan fingerprint density at radius 1 is 1.24 bits per heavy atom. The third kappa shape index (κ3) is 3.55. The zero-order valence-electron chi connectivity index (χ0n) is 20.5. The summed E-state index contributed by atoms with van der Waals surface area (Å²) < 4.78 is 6.64. The van der Waals surface area contributed by atoms with Crippen LogP contribution in [0.15, 0.2) is 34.6 Å². The van der Waals surface area contributed by atoms with Crippen LogP contribution < -0.4 is 0 Å². The topological polar surface area (TPSA) is 73.5 Å². The van der Waals surface area contributed by atoms with Gasteiger partial charge in [-0.2, -0.15) is 5.26 Å². The molecule has 3 fully saturated rings. The molecule has 0 spiro atoms. The fourth-order valence-electron chi connectivity index (χ4n) is 8.28. The summed E-state index contributed by atoms with van der Waals surface area (Å²) in [5.41, 5.74) is 4.20. The van der Waals surface area contributed by atoms with Crippen LogP contribution in [0.1, 0.15) is 72.6 Å². The summed E-state index contributed by atoms with van der Waals surface area (Å²) in [6.07, 6.45) is 10.5. The summed E-state index contributed by atoms with van der Waals surface area (Å²) in [7, 11) is 0. The van der Waals surface area contributed by atoms with E-state index in [2.05, 4.69) is 45.2 Å². The summed E-state index contributed by atoms with van der Waals surface area (Å²) in [6.45, 7) is 9.27. The second kappa shape index (κ2) is 8.47. The second-order valence-corrected chi connectivity index (χ2v) is 12.7. The van der Waals surface area contributed by atoms with Crippen molar-refractivity contribution < 1.29 is 14.9 Å². The van der Waals surface area contributed by atoms with Gasteiger partial charge in [0.15, 0.2) is 0 Å². The van der Waals surface area contributed by atoms with E-state index in [1.165, 1.54) is 40.7 Å². The highest BCUT2D eigenvalue weighted by Crippen LogP contribution is 2.67. The largest absolute Gasteiger partial charge is 0.494 e. The van der Waals surface area contributed by atoms with Crippen molar-refractivity contribution in [1.82, 2.24) is 0 Å². The standard InChI is InChI=1S/C28H39NO3S/c1-16(14-33-15-29)5-8-23-17(2)26-24(32-23)13-22-20-7-6-18-11-19(30)12-25(31)28(18,4)21(20)9-10-27(22,26)3/h6-7,16,19,21-22,24-26,30-31H,5,8-14H2,1-4H3/t16-,19-,21+,22+,24+,25+,26+,27+,28+/m1/s1. The first-order valence-electron chi connectivity index (χ1n) is 12.8. The van der Waals surface area contributed by atoms with Gasteiger partial charge >= 0.3 is 0 Å². The number of rotatable bonds is 5. The van der Waals surface area contributed by atoms with Gasteiger partial charge in [0.05, 0.1) is 18.0 Å². The predicted molar refractivity (Wildman–Crippen MR) is 132 cm³/mol. The Kier molecular flexibility index (Phi) is 6.03. The lowest BCUT2D eigenvalue weighted by atomic mass is 9.49. The van der Waals surface area contributed by atoms with Crippen LogP contribution >= 0.6 is 11.8 Å². The molecule has 0 bridgehead atoms. The number of aliphatic hydroxyl groups excluding tert-OH is 2. The number of thiocyanates is 1. The lowest BCUT2D eigenvalue weighted by Gasteiger charge is -2.56. The summed E-state index contributed by atoms with van der Waals surface area (Å²) in [5, 5.41) is 32.3. The number of fused-ring (bicyclic) bond motifs is 7. The molecule has 0 aromatic rings. The van der Waals surface area contributed by atoms with Gasteiger partial charge in [0.2, 0.25) is 0 Å². The van der Waals surface area contributed by atoms with Crippen molar-refractivity contribution in [2.45, 2.75) is 91.0 Å². The Morgan fingerprint density at radius 3 is 2.79 bits per heavy atom. The Morgan fingerprint density at radius 2 is 2.03 bits per heavy atom. The Hall–Kier alpha value is -1.22. The highest BCUT2D eigenvalue weighted by molar-refractivity contribution is 8.03. The number of nitrogens with zero attached hydrogens (tertiary/aromatic N) is 1. The monoisotopic (exact) mass is 469 g/mol. The number of hydrogen-bond acceptors (Lipinski definition) is 5. The maximum atomic E-state index is 11.1. The van der Waals surface area contributed by atoms with Crippen LogP contribution in [0.4, 0.5) is 0 Å². The summed E-state index contributed by atoms with van der Waals surface area (Å²) >= 11 is 1.35. The smallest absolute Gasteiger partial charge is 0.133 e. The molecule has 0 unspecified atom stereocenters. The fraction of sp³-hybridized carbons (Fsp3) is 0.750. The third-order valence-electron chi connectivity index (χ3n) is 10.2. The minimum Gasteiger partial charge on any atom is -0.494 e. The van der Waals surface area contributed by atoms with Crippen LogP contribution in [-0.4, -0.2) is 34.3 Å². The minimum atomic E-state index is -0.475. The predicted octanol–water partition coefficient (Wildman–Crippen LogP) is 5.73. The first-order valence-corrected chi connectivity index (χ1v) is 13.8. The van der Waals surface area contributed by atoms with Gasteiger partial charge in [-0.05, 0) is 79.5 Å². The number of hydrogen-bond donors (Lipinski definition) is 2. The molecule has 4 aliphatic carbocycles. The Bertz CT molecular complexity index is 947. The quantitative estimate of drug-likeness (QED) is 0.503. The molecule has 0 amide bonds. The Labute approximate surface area is 203 Å². The van der Waals surface area contributed by atoms with Gasteiger partial charge in [0.25, 0.3) is 0 Å². The maximum absolute atomic E-state index is 11.1. The molecule has 5 rings (SSSR count). The molecule has 3 saturated carbocycles. The molecule has 1 aliphatic heterocycles. The molecule has 5 aliphatic rings. The van der Waals surface area contributed by atoms with Crippen molar-refractivity contribution >= 4 is 11.8 Å². The van der Waals surface area contributed by atoms with Gasteiger partial charge in [0, 0.05) is 29.9 Å². The van der Waals surface area contributed by atoms with Gasteiger partial charge in [0.1, 0.15) is 11.5 Å². The zero-order chi connectivity index (χ0) is 23.5. The number of ether oxygens (including phenoxy) is 1. The molecule has 5 heteroatoms. The first kappa shape index (κ1) is 23.5. The average Bonchev–Trinajstić information content (AvgIpc) is 3.25. The lowest BCUT2D eigenvalue weighted by Crippen LogP contribution is -2.52. The van der Waals surface area contributed by atoms with Crippen LogP contribution in [0.2, 0.25) is 0 Å². The average molecular weight is 470 g/mol. The van der Waals surface area contributed by atoms with E-state index in [1.54, 1.807) is 0 Å². The van der Waals surface area contributed by atoms with Gasteiger partial charge in [-0.25, -0.2) is 0 Å². The molecule has 2 N–H and O–H groups in total. The molecular weight excluding hydrogens is 430 g/mol. The van der Waals surface area contributed by atoms with Crippen molar-refractivity contribution in [3.8, 4) is 5.40 Å². The van der Waals surface area contributed by atoms with Gasteiger partial charge in [-0.1, -0.05) is 44.1 Å². The molecule has 4 nitrogen and oxygen atoms in total. The van der Waals surface area contributed by atoms with Gasteiger partial charge < -0.3 is 14.9 Å². The molecule has 0 saturated heterocycles. The SMILES string of the molecule is CC1=C(CC[C@@H](C)CSC#N)O[C@H]2C[C@H]3C4=CC=C5C[C@@H](O)C[C@H](O)[C@]5(C)[C@H]4CC[C@]3(C)[C@@H]12. The van der Waals surface area contributed by atoms with Crippen LogP contribution in [0.3, 0.4) is 0 Å². The van der Waals surface area contributed by atoms with E-state index in [9.17, 15) is 10.2 Å². The normalized spacial score (nSPS) is 44.5. The highest BCUT2D eigenvalue weighted by atomic mass is 32.2. The van der Waals surface area contributed by atoms with Gasteiger partial charge in [-0.3, -0.25) is 0 Å². The van der Waals surface area contributed by atoms with Crippen molar-refractivity contribution in [3.63, 3.8) is 0 Å².